The van der Waals surface area contributed by atoms with Crippen LogP contribution in [0.3, 0.4) is 0 Å². The second-order valence-electron chi connectivity index (χ2n) is 8.42. The summed E-state index contributed by atoms with van der Waals surface area (Å²) in [4.78, 5) is 27.1. The van der Waals surface area contributed by atoms with Crippen LogP contribution in [0.2, 0.25) is 0 Å². The molecule has 1 aliphatic rings. The Morgan fingerprint density at radius 3 is 2.52 bits per heavy atom. The summed E-state index contributed by atoms with van der Waals surface area (Å²) in [5, 5.41) is 7.37. The van der Waals surface area contributed by atoms with Gasteiger partial charge in [0.05, 0.1) is 18.8 Å². The Bertz CT molecular complexity index is 642. The number of methoxy groups -OCH3 is 1. The van der Waals surface area contributed by atoms with Gasteiger partial charge in [0.1, 0.15) is 5.82 Å². The fourth-order valence-corrected chi connectivity index (χ4v) is 3.38. The minimum Gasteiger partial charge on any atom is -0.383 e. The number of nitrogens with one attached hydrogen (secondary N) is 1. The van der Waals surface area contributed by atoms with Gasteiger partial charge in [-0.2, -0.15) is 5.10 Å². The average Bonchev–Trinajstić information content (AvgIpc) is 2.99. The van der Waals surface area contributed by atoms with Crippen molar-refractivity contribution in [3.05, 3.63) is 11.8 Å². The number of carbonyl (C=O) groups is 2. The van der Waals surface area contributed by atoms with Crippen LogP contribution >= 0.6 is 0 Å². The highest BCUT2D eigenvalue weighted by Crippen LogP contribution is 2.26. The molecule has 0 spiro atoms. The Labute approximate surface area is 162 Å². The van der Waals surface area contributed by atoms with Crippen LogP contribution in [0.4, 0.5) is 5.82 Å². The van der Waals surface area contributed by atoms with Crippen LogP contribution in [-0.2, 0) is 26.8 Å². The van der Waals surface area contributed by atoms with Gasteiger partial charge in [-0.1, -0.05) is 40.0 Å². The molecule has 0 unspecified atom stereocenters. The number of amides is 2. The SMILES string of the molecule is COCCN(CC(=O)Nc1cc(C(C)(C)C)nn1C)C(=O)C1CCCCC1. The molecule has 0 atom stereocenters. The van der Waals surface area contributed by atoms with Crippen LogP contribution in [0.5, 0.6) is 0 Å². The van der Waals surface area contributed by atoms with E-state index in [9.17, 15) is 9.59 Å². The second kappa shape index (κ2) is 9.35. The van der Waals surface area contributed by atoms with Crippen molar-refractivity contribution < 1.29 is 14.3 Å². The maximum atomic E-state index is 12.9. The van der Waals surface area contributed by atoms with Gasteiger partial charge in [-0.25, -0.2) is 0 Å². The van der Waals surface area contributed by atoms with Crippen LogP contribution in [-0.4, -0.2) is 53.3 Å². The highest BCUT2D eigenvalue weighted by Gasteiger charge is 2.27. The minimum atomic E-state index is -0.210. The zero-order valence-corrected chi connectivity index (χ0v) is 17.4. The van der Waals surface area contributed by atoms with E-state index in [2.05, 4.69) is 31.2 Å². The van der Waals surface area contributed by atoms with Crippen molar-refractivity contribution in [1.82, 2.24) is 14.7 Å². The molecule has 1 N–H and O–H groups in total. The minimum absolute atomic E-state index is 0.0348. The Kier molecular flexibility index (Phi) is 7.41. The Morgan fingerprint density at radius 2 is 1.96 bits per heavy atom. The van der Waals surface area contributed by atoms with Crippen molar-refractivity contribution in [3.63, 3.8) is 0 Å². The molecule has 1 aromatic rings. The molecule has 0 bridgehead atoms. The Hall–Kier alpha value is -1.89. The number of rotatable bonds is 7. The topological polar surface area (TPSA) is 76.5 Å². The summed E-state index contributed by atoms with van der Waals surface area (Å²) in [5.41, 5.74) is 0.817. The molecule has 0 saturated heterocycles. The zero-order valence-electron chi connectivity index (χ0n) is 17.4. The van der Waals surface area contributed by atoms with Crippen molar-refractivity contribution >= 4 is 17.6 Å². The van der Waals surface area contributed by atoms with E-state index in [1.54, 1.807) is 23.7 Å². The lowest BCUT2D eigenvalue weighted by Crippen LogP contribution is -2.43. The molecule has 0 aliphatic heterocycles. The summed E-state index contributed by atoms with van der Waals surface area (Å²) >= 11 is 0. The first kappa shape index (κ1) is 21.4. The van der Waals surface area contributed by atoms with E-state index < -0.39 is 0 Å². The summed E-state index contributed by atoms with van der Waals surface area (Å²) in [6.07, 6.45) is 5.21. The van der Waals surface area contributed by atoms with E-state index in [-0.39, 0.29) is 29.7 Å². The molecule has 1 aromatic heterocycles. The highest BCUT2D eigenvalue weighted by molar-refractivity contribution is 5.94. The van der Waals surface area contributed by atoms with Crippen molar-refractivity contribution in [1.29, 1.82) is 0 Å². The number of hydrogen-bond donors (Lipinski definition) is 1. The molecule has 152 valence electrons. The lowest BCUT2D eigenvalue weighted by Gasteiger charge is -2.28. The summed E-state index contributed by atoms with van der Waals surface area (Å²) in [5.74, 6) is 0.537. The molecule has 27 heavy (non-hydrogen) atoms. The molecular weight excluding hydrogens is 344 g/mol. The predicted molar refractivity (Wildman–Crippen MR) is 106 cm³/mol. The third-order valence-electron chi connectivity index (χ3n) is 5.08. The van der Waals surface area contributed by atoms with E-state index in [4.69, 9.17) is 4.74 Å². The van der Waals surface area contributed by atoms with Crippen LogP contribution in [0, 0.1) is 5.92 Å². The first-order valence-corrected chi connectivity index (χ1v) is 9.84. The fraction of sp³-hybridized carbons (Fsp3) is 0.750. The molecule has 2 rings (SSSR count). The predicted octanol–water partition coefficient (Wildman–Crippen LogP) is 2.71. The quantitative estimate of drug-likeness (QED) is 0.791. The summed E-state index contributed by atoms with van der Waals surface area (Å²) < 4.78 is 6.80. The van der Waals surface area contributed by atoms with Gasteiger partial charge in [-0.05, 0) is 12.8 Å². The summed E-state index contributed by atoms with van der Waals surface area (Å²) in [6, 6.07) is 1.89. The van der Waals surface area contributed by atoms with E-state index in [1.807, 2.05) is 6.07 Å². The molecular formula is C20H34N4O3. The molecule has 1 aliphatic carbocycles. The van der Waals surface area contributed by atoms with Crippen LogP contribution < -0.4 is 5.32 Å². The molecule has 0 radical (unpaired) electrons. The van der Waals surface area contributed by atoms with Gasteiger partial charge in [-0.15, -0.1) is 0 Å². The molecule has 1 saturated carbocycles. The third-order valence-corrected chi connectivity index (χ3v) is 5.08. The number of nitrogens with zero attached hydrogens (tertiary/aromatic N) is 3. The number of aryl methyl sites for hydroxylation is 1. The van der Waals surface area contributed by atoms with E-state index in [0.29, 0.717) is 19.0 Å². The van der Waals surface area contributed by atoms with Crippen molar-refractivity contribution in [3.8, 4) is 0 Å². The molecule has 1 heterocycles. The molecule has 0 aromatic carbocycles. The number of aromatic nitrogens is 2. The highest BCUT2D eigenvalue weighted by atomic mass is 16.5. The first-order chi connectivity index (χ1) is 12.7. The van der Waals surface area contributed by atoms with Gasteiger partial charge >= 0.3 is 0 Å². The average molecular weight is 379 g/mol. The van der Waals surface area contributed by atoms with Gasteiger partial charge in [-0.3, -0.25) is 14.3 Å². The van der Waals surface area contributed by atoms with Gasteiger partial charge < -0.3 is 15.0 Å². The van der Waals surface area contributed by atoms with Crippen LogP contribution in [0.15, 0.2) is 6.07 Å². The largest absolute Gasteiger partial charge is 0.383 e. The summed E-state index contributed by atoms with van der Waals surface area (Å²) in [7, 11) is 3.41. The molecule has 7 nitrogen and oxygen atoms in total. The Morgan fingerprint density at radius 1 is 1.30 bits per heavy atom. The van der Waals surface area contributed by atoms with E-state index >= 15 is 0 Å². The van der Waals surface area contributed by atoms with Gasteiger partial charge in [0.15, 0.2) is 0 Å². The third kappa shape index (κ3) is 6.06. The lowest BCUT2D eigenvalue weighted by atomic mass is 9.88. The maximum absolute atomic E-state index is 12.9. The lowest BCUT2D eigenvalue weighted by molar-refractivity contribution is -0.139. The van der Waals surface area contributed by atoms with Gasteiger partial charge in [0, 0.05) is 38.1 Å². The van der Waals surface area contributed by atoms with E-state index in [0.717, 1.165) is 31.4 Å². The maximum Gasteiger partial charge on any atom is 0.245 e. The van der Waals surface area contributed by atoms with Crippen LogP contribution in [0.1, 0.15) is 58.6 Å². The number of ether oxygens (including phenoxy) is 1. The zero-order chi connectivity index (χ0) is 20.0. The number of carbonyl (C=O) groups excluding carboxylic acids is 2. The normalized spacial score (nSPS) is 15.6. The van der Waals surface area contributed by atoms with Crippen LogP contribution in [0.25, 0.3) is 0 Å². The van der Waals surface area contributed by atoms with Crippen molar-refractivity contribution in [2.45, 2.75) is 58.3 Å². The van der Waals surface area contributed by atoms with Gasteiger partial charge in [0.2, 0.25) is 11.8 Å². The second-order valence-corrected chi connectivity index (χ2v) is 8.42. The molecule has 2 amide bonds. The molecule has 7 heteroatoms. The summed E-state index contributed by atoms with van der Waals surface area (Å²) in [6.45, 7) is 7.13. The van der Waals surface area contributed by atoms with E-state index in [1.165, 1.54) is 6.42 Å². The monoisotopic (exact) mass is 378 g/mol. The standard InChI is InChI=1S/C20H34N4O3/c1-20(2,3)16-13-17(23(4)22-16)21-18(25)14-24(11-12-27-5)19(26)15-9-7-6-8-10-15/h13,15H,6-12,14H2,1-5H3,(H,21,25). The number of anilines is 1. The smallest absolute Gasteiger partial charge is 0.245 e. The van der Waals surface area contributed by atoms with Crippen molar-refractivity contribution in [2.24, 2.45) is 13.0 Å². The molecule has 1 fully saturated rings. The van der Waals surface area contributed by atoms with Crippen molar-refractivity contribution in [2.75, 3.05) is 32.1 Å². The first-order valence-electron chi connectivity index (χ1n) is 9.84. The number of hydrogen-bond acceptors (Lipinski definition) is 4. The fourth-order valence-electron chi connectivity index (χ4n) is 3.38. The Balaban J connectivity index is 2.02. The van der Waals surface area contributed by atoms with Gasteiger partial charge in [0.25, 0.3) is 0 Å².